The number of alkyl carbamates (subject to hydrolysis) is 1. The van der Waals surface area contributed by atoms with Crippen molar-refractivity contribution in [3.05, 3.63) is 29.8 Å². The van der Waals surface area contributed by atoms with E-state index in [1.807, 2.05) is 12.2 Å². The summed E-state index contributed by atoms with van der Waals surface area (Å²) >= 11 is 0. The average Bonchev–Trinajstić information content (AvgIpc) is 2.60. The van der Waals surface area contributed by atoms with E-state index >= 15 is 0 Å². The number of amides is 2. The molecule has 0 unspecified atom stereocenters. The summed E-state index contributed by atoms with van der Waals surface area (Å²) in [6.07, 6.45) is -1.58. The van der Waals surface area contributed by atoms with Gasteiger partial charge in [-0.1, -0.05) is 6.92 Å². The van der Waals surface area contributed by atoms with Gasteiger partial charge in [0.15, 0.2) is 6.10 Å². The predicted octanol–water partition coefficient (Wildman–Crippen LogP) is 1.19. The minimum absolute atomic E-state index is 0.00540. The van der Waals surface area contributed by atoms with Crippen LogP contribution >= 0.6 is 0 Å². The van der Waals surface area contributed by atoms with Gasteiger partial charge in [-0.2, -0.15) is 0 Å². The first kappa shape index (κ1) is 21.6. The van der Waals surface area contributed by atoms with Gasteiger partial charge in [-0.05, 0) is 44.5 Å². The smallest absolute Gasteiger partial charge is 0.413 e. The SMILES string of the molecule is CC[C@H](C)NS(=O)(=O)c1ccc(C(=O)O[C@@H](C)C(=O)NC(=O)OC)cc1. The van der Waals surface area contributed by atoms with Crippen LogP contribution in [-0.4, -0.2) is 45.6 Å². The predicted molar refractivity (Wildman–Crippen MR) is 91.9 cm³/mol. The highest BCUT2D eigenvalue weighted by Crippen LogP contribution is 2.13. The lowest BCUT2D eigenvalue weighted by atomic mass is 10.2. The normalized spacial score (nSPS) is 13.4. The molecule has 1 aromatic rings. The van der Waals surface area contributed by atoms with Gasteiger partial charge in [-0.3, -0.25) is 10.1 Å². The first-order valence-electron chi connectivity index (χ1n) is 7.82. The number of ether oxygens (including phenoxy) is 2. The minimum atomic E-state index is -3.68. The lowest BCUT2D eigenvalue weighted by molar-refractivity contribution is -0.128. The summed E-state index contributed by atoms with van der Waals surface area (Å²) in [5.74, 6) is -1.68. The third kappa shape index (κ3) is 6.12. The molecule has 0 aliphatic carbocycles. The fraction of sp³-hybridized carbons (Fsp3) is 0.438. The van der Waals surface area contributed by atoms with Crippen LogP contribution in [0.5, 0.6) is 0 Å². The molecule has 2 N–H and O–H groups in total. The van der Waals surface area contributed by atoms with E-state index in [0.717, 1.165) is 7.11 Å². The van der Waals surface area contributed by atoms with Crippen LogP contribution in [0, 0.1) is 0 Å². The quantitative estimate of drug-likeness (QED) is 0.674. The van der Waals surface area contributed by atoms with E-state index in [-0.39, 0.29) is 16.5 Å². The highest BCUT2D eigenvalue weighted by Gasteiger charge is 2.22. The van der Waals surface area contributed by atoms with E-state index in [1.165, 1.54) is 31.2 Å². The largest absolute Gasteiger partial charge is 0.453 e. The van der Waals surface area contributed by atoms with Crippen molar-refractivity contribution in [2.45, 2.75) is 44.2 Å². The van der Waals surface area contributed by atoms with E-state index < -0.39 is 34.1 Å². The van der Waals surface area contributed by atoms with Crippen LogP contribution in [0.25, 0.3) is 0 Å². The number of hydrogen-bond donors (Lipinski definition) is 2. The zero-order valence-electron chi connectivity index (χ0n) is 14.9. The van der Waals surface area contributed by atoms with Crippen molar-refractivity contribution < 1.29 is 32.3 Å². The molecular weight excluding hydrogens is 364 g/mol. The van der Waals surface area contributed by atoms with Crippen molar-refractivity contribution in [2.75, 3.05) is 7.11 Å². The van der Waals surface area contributed by atoms with Crippen molar-refractivity contribution in [1.82, 2.24) is 10.0 Å². The van der Waals surface area contributed by atoms with Crippen molar-refractivity contribution in [3.8, 4) is 0 Å². The topological polar surface area (TPSA) is 128 Å². The summed E-state index contributed by atoms with van der Waals surface area (Å²) in [6.45, 7) is 4.87. The maximum atomic E-state index is 12.2. The Morgan fingerprint density at radius 3 is 2.19 bits per heavy atom. The molecule has 26 heavy (non-hydrogen) atoms. The standard InChI is InChI=1S/C16H22N2O7S/c1-5-10(2)18-26(22,23)13-8-6-12(7-9-13)15(20)25-11(3)14(19)17-16(21)24-4/h6-11,18H,5H2,1-4H3,(H,17,19,21)/t10-,11-/m0/s1. The van der Waals surface area contributed by atoms with E-state index in [9.17, 15) is 22.8 Å². The Kier molecular flexibility index (Phi) is 7.72. The third-order valence-electron chi connectivity index (χ3n) is 3.43. The van der Waals surface area contributed by atoms with Crippen molar-refractivity contribution in [2.24, 2.45) is 0 Å². The molecule has 2 atom stereocenters. The third-order valence-corrected chi connectivity index (χ3v) is 5.04. The Morgan fingerprint density at radius 1 is 1.12 bits per heavy atom. The van der Waals surface area contributed by atoms with Gasteiger partial charge in [0.25, 0.3) is 5.91 Å². The van der Waals surface area contributed by atoms with Crippen LogP contribution in [0.3, 0.4) is 0 Å². The van der Waals surface area contributed by atoms with Gasteiger partial charge in [0.1, 0.15) is 0 Å². The van der Waals surface area contributed by atoms with E-state index in [1.54, 1.807) is 6.92 Å². The Hall–Kier alpha value is -2.46. The molecule has 0 fully saturated rings. The number of imide groups is 1. The van der Waals surface area contributed by atoms with Crippen LogP contribution in [0.1, 0.15) is 37.6 Å². The Bertz CT molecular complexity index is 759. The molecule has 0 spiro atoms. The molecule has 0 radical (unpaired) electrons. The van der Waals surface area contributed by atoms with Gasteiger partial charge in [-0.25, -0.2) is 22.7 Å². The second kappa shape index (κ2) is 9.30. The summed E-state index contributed by atoms with van der Waals surface area (Å²) in [4.78, 5) is 34.6. The molecular formula is C16H22N2O7S. The summed E-state index contributed by atoms with van der Waals surface area (Å²) in [7, 11) is -2.60. The molecule has 144 valence electrons. The van der Waals surface area contributed by atoms with Gasteiger partial charge in [0.2, 0.25) is 10.0 Å². The average molecular weight is 386 g/mol. The molecule has 0 aromatic heterocycles. The van der Waals surface area contributed by atoms with Crippen molar-refractivity contribution in [3.63, 3.8) is 0 Å². The van der Waals surface area contributed by atoms with Crippen LogP contribution in [-0.2, 0) is 24.3 Å². The molecule has 1 rings (SSSR count). The molecule has 1 aromatic carbocycles. The van der Waals surface area contributed by atoms with E-state index in [4.69, 9.17) is 4.74 Å². The maximum absolute atomic E-state index is 12.2. The number of sulfonamides is 1. The molecule has 2 amide bonds. The Balaban J connectivity index is 2.77. The van der Waals surface area contributed by atoms with Crippen molar-refractivity contribution >= 4 is 28.0 Å². The van der Waals surface area contributed by atoms with Gasteiger partial charge in [0.05, 0.1) is 17.6 Å². The molecule has 0 aliphatic rings. The fourth-order valence-electron chi connectivity index (χ4n) is 1.72. The number of rotatable bonds is 7. The minimum Gasteiger partial charge on any atom is -0.453 e. The maximum Gasteiger partial charge on any atom is 0.413 e. The highest BCUT2D eigenvalue weighted by atomic mass is 32.2. The van der Waals surface area contributed by atoms with Gasteiger partial charge >= 0.3 is 12.1 Å². The first-order valence-corrected chi connectivity index (χ1v) is 9.31. The number of nitrogens with one attached hydrogen (secondary N) is 2. The van der Waals surface area contributed by atoms with Gasteiger partial charge in [-0.15, -0.1) is 0 Å². The molecule has 9 nitrogen and oxygen atoms in total. The Morgan fingerprint density at radius 2 is 1.69 bits per heavy atom. The second-order valence-electron chi connectivity index (χ2n) is 5.48. The monoisotopic (exact) mass is 386 g/mol. The molecule has 0 aliphatic heterocycles. The zero-order valence-corrected chi connectivity index (χ0v) is 15.8. The van der Waals surface area contributed by atoms with Gasteiger partial charge < -0.3 is 9.47 Å². The summed E-state index contributed by atoms with van der Waals surface area (Å²) < 4.78 is 36.0. The number of esters is 1. The zero-order chi connectivity index (χ0) is 19.9. The highest BCUT2D eigenvalue weighted by molar-refractivity contribution is 7.89. The number of benzene rings is 1. The number of carbonyl (C=O) groups is 3. The van der Waals surface area contributed by atoms with E-state index in [2.05, 4.69) is 9.46 Å². The van der Waals surface area contributed by atoms with Crippen LogP contribution in [0.15, 0.2) is 29.2 Å². The lowest BCUT2D eigenvalue weighted by Gasteiger charge is -2.13. The lowest BCUT2D eigenvalue weighted by Crippen LogP contribution is -2.39. The Labute approximate surface area is 152 Å². The number of methoxy groups -OCH3 is 1. The molecule has 0 bridgehead atoms. The van der Waals surface area contributed by atoms with Crippen LogP contribution < -0.4 is 10.0 Å². The summed E-state index contributed by atoms with van der Waals surface area (Å²) in [6, 6.07) is 4.86. The second-order valence-corrected chi connectivity index (χ2v) is 7.20. The number of hydrogen-bond acceptors (Lipinski definition) is 7. The molecule has 0 saturated carbocycles. The van der Waals surface area contributed by atoms with Crippen molar-refractivity contribution in [1.29, 1.82) is 0 Å². The summed E-state index contributed by atoms with van der Waals surface area (Å²) in [5, 5.41) is 1.87. The first-order chi connectivity index (χ1) is 12.1. The van der Waals surface area contributed by atoms with Crippen LogP contribution in [0.2, 0.25) is 0 Å². The summed E-state index contributed by atoms with van der Waals surface area (Å²) in [5.41, 5.74) is 0.0604. The van der Waals surface area contributed by atoms with Crippen LogP contribution in [0.4, 0.5) is 4.79 Å². The molecule has 0 heterocycles. The number of carbonyl (C=O) groups excluding carboxylic acids is 3. The fourth-order valence-corrected chi connectivity index (χ4v) is 3.05. The van der Waals surface area contributed by atoms with Gasteiger partial charge in [0, 0.05) is 6.04 Å². The molecule has 10 heteroatoms. The molecule has 0 saturated heterocycles. The van der Waals surface area contributed by atoms with E-state index in [0.29, 0.717) is 6.42 Å².